The summed E-state index contributed by atoms with van der Waals surface area (Å²) in [6, 6.07) is 7.82. The number of aliphatic imine (C=N–C) groups is 1. The van der Waals surface area contributed by atoms with Gasteiger partial charge in [-0.05, 0) is 39.8 Å². The maximum absolute atomic E-state index is 12.0. The standard InChI is InChI=1S/C15H23N3O2S/c1-11(2)18(12(3)4)10-9-16-15-13-7-5-6-8-14(13)21(19,20)17-15/h5-8,11-12H,9-10H2,1-4H3,(H,16,17). The van der Waals surface area contributed by atoms with Gasteiger partial charge in [-0.3, -0.25) is 14.6 Å². The molecule has 2 rings (SSSR count). The second-order valence-corrected chi connectivity index (χ2v) is 7.41. The Labute approximate surface area is 127 Å². The quantitative estimate of drug-likeness (QED) is 0.903. The number of nitrogens with zero attached hydrogens (tertiary/aromatic N) is 2. The van der Waals surface area contributed by atoms with E-state index >= 15 is 0 Å². The van der Waals surface area contributed by atoms with Crippen molar-refractivity contribution < 1.29 is 8.42 Å². The molecule has 5 nitrogen and oxygen atoms in total. The summed E-state index contributed by atoms with van der Waals surface area (Å²) in [5.74, 6) is 0.457. The number of hydrogen-bond acceptors (Lipinski definition) is 4. The number of nitrogens with one attached hydrogen (secondary N) is 1. The van der Waals surface area contributed by atoms with Gasteiger partial charge in [0.25, 0.3) is 10.0 Å². The van der Waals surface area contributed by atoms with Crippen LogP contribution < -0.4 is 4.72 Å². The van der Waals surface area contributed by atoms with Crippen LogP contribution in [0.1, 0.15) is 33.3 Å². The third kappa shape index (κ3) is 3.44. The van der Waals surface area contributed by atoms with Crippen LogP contribution in [0.2, 0.25) is 0 Å². The van der Waals surface area contributed by atoms with Crippen molar-refractivity contribution in [3.8, 4) is 0 Å². The molecule has 0 unspecified atom stereocenters. The number of fused-ring (bicyclic) bond motifs is 1. The summed E-state index contributed by atoms with van der Waals surface area (Å²) < 4.78 is 26.5. The van der Waals surface area contributed by atoms with E-state index in [0.717, 1.165) is 6.54 Å². The van der Waals surface area contributed by atoms with Gasteiger partial charge in [0.2, 0.25) is 0 Å². The highest BCUT2D eigenvalue weighted by atomic mass is 32.2. The molecular formula is C15H23N3O2S. The van der Waals surface area contributed by atoms with E-state index in [2.05, 4.69) is 42.3 Å². The zero-order chi connectivity index (χ0) is 15.6. The summed E-state index contributed by atoms with van der Waals surface area (Å²) in [6.07, 6.45) is 0. The number of hydrogen-bond donors (Lipinski definition) is 1. The van der Waals surface area contributed by atoms with Gasteiger partial charge in [-0.2, -0.15) is 0 Å². The zero-order valence-corrected chi connectivity index (χ0v) is 13.8. The number of benzene rings is 1. The molecule has 0 spiro atoms. The van der Waals surface area contributed by atoms with E-state index < -0.39 is 10.0 Å². The van der Waals surface area contributed by atoms with Gasteiger partial charge >= 0.3 is 0 Å². The molecule has 1 heterocycles. The minimum atomic E-state index is -3.43. The monoisotopic (exact) mass is 309 g/mol. The molecule has 116 valence electrons. The summed E-state index contributed by atoms with van der Waals surface area (Å²) >= 11 is 0. The van der Waals surface area contributed by atoms with Crippen LogP contribution >= 0.6 is 0 Å². The van der Waals surface area contributed by atoms with Gasteiger partial charge in [0, 0.05) is 24.2 Å². The van der Waals surface area contributed by atoms with Gasteiger partial charge in [-0.25, -0.2) is 8.42 Å². The number of amidine groups is 1. The lowest BCUT2D eigenvalue weighted by atomic mass is 10.2. The van der Waals surface area contributed by atoms with E-state index in [0.29, 0.717) is 34.9 Å². The molecule has 1 N–H and O–H groups in total. The van der Waals surface area contributed by atoms with E-state index in [9.17, 15) is 8.42 Å². The molecule has 0 radical (unpaired) electrons. The molecule has 0 saturated carbocycles. The highest BCUT2D eigenvalue weighted by Crippen LogP contribution is 2.22. The minimum Gasteiger partial charge on any atom is -0.297 e. The smallest absolute Gasteiger partial charge is 0.263 e. The topological polar surface area (TPSA) is 61.8 Å². The van der Waals surface area contributed by atoms with Crippen LogP contribution in [0, 0.1) is 0 Å². The fraction of sp³-hybridized carbons (Fsp3) is 0.533. The van der Waals surface area contributed by atoms with Crippen molar-refractivity contribution in [1.82, 2.24) is 9.62 Å². The van der Waals surface area contributed by atoms with Crippen molar-refractivity contribution >= 4 is 15.9 Å². The van der Waals surface area contributed by atoms with Crippen molar-refractivity contribution in [2.24, 2.45) is 4.99 Å². The van der Waals surface area contributed by atoms with Crippen molar-refractivity contribution in [3.05, 3.63) is 29.8 Å². The van der Waals surface area contributed by atoms with E-state index in [-0.39, 0.29) is 0 Å². The molecule has 1 aromatic carbocycles. The van der Waals surface area contributed by atoms with Crippen LogP contribution in [-0.4, -0.2) is 44.3 Å². The Hall–Kier alpha value is -1.40. The van der Waals surface area contributed by atoms with Crippen molar-refractivity contribution in [2.45, 2.75) is 44.7 Å². The predicted molar refractivity (Wildman–Crippen MR) is 85.1 cm³/mol. The molecule has 1 aliphatic rings. The Morgan fingerprint density at radius 1 is 1.14 bits per heavy atom. The molecule has 0 saturated heterocycles. The zero-order valence-electron chi connectivity index (χ0n) is 13.0. The lowest BCUT2D eigenvalue weighted by Crippen LogP contribution is -2.39. The average Bonchev–Trinajstić information content (AvgIpc) is 2.66. The normalized spacial score (nSPS) is 18.5. The van der Waals surface area contributed by atoms with Gasteiger partial charge in [0.15, 0.2) is 0 Å². The van der Waals surface area contributed by atoms with Crippen LogP contribution in [0.5, 0.6) is 0 Å². The molecule has 0 aliphatic carbocycles. The van der Waals surface area contributed by atoms with Crippen LogP contribution in [-0.2, 0) is 10.0 Å². The second-order valence-electron chi connectivity index (χ2n) is 5.76. The Morgan fingerprint density at radius 3 is 2.38 bits per heavy atom. The maximum atomic E-state index is 12.0. The SMILES string of the molecule is CC(C)N(CCN=C1NS(=O)(=O)c2ccccc21)C(C)C. The lowest BCUT2D eigenvalue weighted by molar-refractivity contribution is 0.181. The van der Waals surface area contributed by atoms with E-state index in [1.54, 1.807) is 18.2 Å². The molecule has 21 heavy (non-hydrogen) atoms. The molecule has 0 atom stereocenters. The first kappa shape index (κ1) is 16.0. The summed E-state index contributed by atoms with van der Waals surface area (Å²) in [5.41, 5.74) is 0.665. The fourth-order valence-electron chi connectivity index (χ4n) is 2.64. The van der Waals surface area contributed by atoms with Crippen LogP contribution in [0.4, 0.5) is 0 Å². The third-order valence-electron chi connectivity index (χ3n) is 3.62. The fourth-order valence-corrected chi connectivity index (χ4v) is 3.89. The first-order valence-corrected chi connectivity index (χ1v) is 8.73. The minimum absolute atomic E-state index is 0.313. The Balaban J connectivity index is 2.14. The molecule has 0 amide bonds. The molecule has 0 aromatic heterocycles. The number of rotatable bonds is 5. The van der Waals surface area contributed by atoms with Gasteiger partial charge in [0.1, 0.15) is 5.84 Å². The lowest BCUT2D eigenvalue weighted by Gasteiger charge is -2.29. The van der Waals surface area contributed by atoms with E-state index in [1.807, 2.05) is 6.07 Å². The third-order valence-corrected chi connectivity index (χ3v) is 5.01. The summed E-state index contributed by atoms with van der Waals surface area (Å²) in [4.78, 5) is 7.10. The van der Waals surface area contributed by atoms with Gasteiger partial charge in [0.05, 0.1) is 11.4 Å². The maximum Gasteiger partial charge on any atom is 0.263 e. The number of sulfonamides is 1. The first-order valence-electron chi connectivity index (χ1n) is 7.25. The predicted octanol–water partition coefficient (Wildman–Crippen LogP) is 1.84. The largest absolute Gasteiger partial charge is 0.297 e. The first-order chi connectivity index (χ1) is 9.83. The highest BCUT2D eigenvalue weighted by molar-refractivity contribution is 7.90. The summed E-state index contributed by atoms with van der Waals surface area (Å²) in [6.45, 7) is 9.99. The van der Waals surface area contributed by atoms with E-state index in [4.69, 9.17) is 0 Å². The molecule has 6 heteroatoms. The summed E-state index contributed by atoms with van der Waals surface area (Å²) in [7, 11) is -3.43. The van der Waals surface area contributed by atoms with Crippen LogP contribution in [0.15, 0.2) is 34.2 Å². The van der Waals surface area contributed by atoms with Gasteiger partial charge < -0.3 is 0 Å². The second kappa shape index (κ2) is 6.15. The molecular weight excluding hydrogens is 286 g/mol. The molecule has 1 aromatic rings. The van der Waals surface area contributed by atoms with Crippen molar-refractivity contribution in [1.29, 1.82) is 0 Å². The Morgan fingerprint density at radius 2 is 1.76 bits per heavy atom. The Bertz CT molecular complexity index is 628. The molecule has 0 bridgehead atoms. The average molecular weight is 309 g/mol. The van der Waals surface area contributed by atoms with Crippen molar-refractivity contribution in [2.75, 3.05) is 13.1 Å². The van der Waals surface area contributed by atoms with E-state index in [1.165, 1.54) is 0 Å². The van der Waals surface area contributed by atoms with Gasteiger partial charge in [-0.15, -0.1) is 0 Å². The van der Waals surface area contributed by atoms with Crippen LogP contribution in [0.25, 0.3) is 0 Å². The molecule has 0 fully saturated rings. The highest BCUT2D eigenvalue weighted by Gasteiger charge is 2.29. The summed E-state index contributed by atoms with van der Waals surface area (Å²) in [5, 5.41) is 0. The van der Waals surface area contributed by atoms with Crippen LogP contribution in [0.3, 0.4) is 0 Å². The Kier molecular flexibility index (Phi) is 4.68. The molecule has 1 aliphatic heterocycles. The van der Waals surface area contributed by atoms with Crippen molar-refractivity contribution in [3.63, 3.8) is 0 Å². The van der Waals surface area contributed by atoms with Gasteiger partial charge in [-0.1, -0.05) is 12.1 Å².